The van der Waals surface area contributed by atoms with Gasteiger partial charge >= 0.3 is 5.97 Å². The third-order valence-corrected chi connectivity index (χ3v) is 8.36. The van der Waals surface area contributed by atoms with E-state index >= 15 is 0 Å². The van der Waals surface area contributed by atoms with Gasteiger partial charge in [0.2, 0.25) is 0 Å². The van der Waals surface area contributed by atoms with Crippen LogP contribution in [-0.2, 0) is 0 Å². The molecular formula is C30H19Br2ClIN3O4. The third-order valence-electron chi connectivity index (χ3n) is 6.08. The molecule has 0 aliphatic heterocycles. The molecule has 0 unspecified atom stereocenters. The van der Waals surface area contributed by atoms with Gasteiger partial charge in [-0.3, -0.25) is 4.79 Å². The smallest absolute Gasteiger partial charge is 0.343 e. The molecule has 4 aromatic carbocycles. The van der Waals surface area contributed by atoms with Gasteiger partial charge in [0.05, 0.1) is 28.9 Å². The topological polar surface area (TPSA) is 92.8 Å². The van der Waals surface area contributed by atoms with Crippen LogP contribution in [0.3, 0.4) is 0 Å². The van der Waals surface area contributed by atoms with Crippen molar-refractivity contribution in [2.75, 3.05) is 7.11 Å². The highest BCUT2D eigenvalue weighted by Crippen LogP contribution is 2.38. The van der Waals surface area contributed by atoms with Gasteiger partial charge in [-0.15, -0.1) is 0 Å². The van der Waals surface area contributed by atoms with Crippen LogP contribution in [0.4, 0.5) is 0 Å². The Balaban J connectivity index is 1.44. The summed E-state index contributed by atoms with van der Waals surface area (Å²) in [6, 6.07) is 23.2. The number of aromatic amines is 1. The summed E-state index contributed by atoms with van der Waals surface area (Å²) in [5.41, 5.74) is 5.92. The number of methoxy groups -OCH3 is 1. The molecule has 0 spiro atoms. The molecule has 0 aliphatic rings. The normalized spacial score (nSPS) is 11.1. The first-order valence-electron chi connectivity index (χ1n) is 12.0. The van der Waals surface area contributed by atoms with Crippen LogP contribution in [0, 0.1) is 3.57 Å². The van der Waals surface area contributed by atoms with Crippen molar-refractivity contribution in [3.8, 4) is 22.6 Å². The number of hydrogen-bond acceptors (Lipinski definition) is 5. The van der Waals surface area contributed by atoms with Gasteiger partial charge < -0.3 is 14.5 Å². The van der Waals surface area contributed by atoms with E-state index in [-0.39, 0.29) is 5.75 Å². The van der Waals surface area contributed by atoms with Crippen molar-refractivity contribution in [3.05, 3.63) is 113 Å². The molecule has 11 heteroatoms. The maximum Gasteiger partial charge on any atom is 0.343 e. The molecule has 5 rings (SSSR count). The van der Waals surface area contributed by atoms with Crippen molar-refractivity contribution in [2.45, 2.75) is 0 Å². The number of ether oxygens (including phenoxy) is 2. The van der Waals surface area contributed by atoms with Crippen LogP contribution in [0.15, 0.2) is 92.9 Å². The van der Waals surface area contributed by atoms with Gasteiger partial charge in [-0.2, -0.15) is 5.10 Å². The van der Waals surface area contributed by atoms with E-state index in [0.717, 1.165) is 20.0 Å². The lowest BCUT2D eigenvalue weighted by atomic mass is 10.0. The van der Waals surface area contributed by atoms with Gasteiger partial charge in [-0.05, 0) is 87.1 Å². The number of halogens is 4. The van der Waals surface area contributed by atoms with Crippen LogP contribution in [0.25, 0.3) is 22.0 Å². The number of fused-ring (bicyclic) bond motifs is 1. The van der Waals surface area contributed by atoms with E-state index in [1.807, 2.05) is 36.4 Å². The zero-order valence-electron chi connectivity index (χ0n) is 21.2. The number of carbonyl (C=O) groups excluding carboxylic acids is 2. The van der Waals surface area contributed by atoms with Crippen LogP contribution in [0.2, 0.25) is 5.02 Å². The average molecular weight is 808 g/mol. The van der Waals surface area contributed by atoms with Crippen LogP contribution < -0.4 is 14.9 Å². The van der Waals surface area contributed by atoms with Crippen molar-refractivity contribution >= 4 is 95.0 Å². The Hall–Kier alpha value is -3.19. The number of para-hydroxylation sites is 1. The van der Waals surface area contributed by atoms with Crippen LogP contribution in [-0.4, -0.2) is 30.2 Å². The number of carbonyl (C=O) groups is 2. The Kier molecular flexibility index (Phi) is 9.12. The fraction of sp³-hybridized carbons (Fsp3) is 0.0333. The number of esters is 1. The van der Waals surface area contributed by atoms with Crippen molar-refractivity contribution < 1.29 is 19.1 Å². The molecule has 5 aromatic rings. The Labute approximate surface area is 270 Å². The van der Waals surface area contributed by atoms with E-state index in [1.54, 1.807) is 49.6 Å². The molecule has 0 fully saturated rings. The summed E-state index contributed by atoms with van der Waals surface area (Å²) in [5, 5.41) is 5.57. The van der Waals surface area contributed by atoms with Crippen molar-refractivity contribution in [3.63, 3.8) is 0 Å². The number of amides is 1. The van der Waals surface area contributed by atoms with E-state index in [9.17, 15) is 9.59 Å². The molecule has 0 atom stereocenters. The van der Waals surface area contributed by atoms with Crippen LogP contribution in [0.1, 0.15) is 26.4 Å². The molecule has 41 heavy (non-hydrogen) atoms. The Morgan fingerprint density at radius 2 is 1.78 bits per heavy atom. The fourth-order valence-corrected chi connectivity index (χ4v) is 6.38. The Morgan fingerprint density at radius 1 is 1.02 bits per heavy atom. The molecule has 1 amide bonds. The largest absolute Gasteiger partial charge is 0.497 e. The van der Waals surface area contributed by atoms with E-state index < -0.39 is 11.9 Å². The zero-order chi connectivity index (χ0) is 29.1. The second kappa shape index (κ2) is 12.8. The third kappa shape index (κ3) is 6.35. The van der Waals surface area contributed by atoms with Gasteiger partial charge in [0.15, 0.2) is 5.75 Å². The number of rotatable bonds is 7. The van der Waals surface area contributed by atoms with Crippen LogP contribution in [0.5, 0.6) is 11.5 Å². The Morgan fingerprint density at radius 3 is 2.51 bits per heavy atom. The average Bonchev–Trinajstić information content (AvgIpc) is 3.36. The first-order valence-corrected chi connectivity index (χ1v) is 15.0. The minimum atomic E-state index is -0.563. The number of hydrazone groups is 1. The van der Waals surface area contributed by atoms with Gasteiger partial charge in [-0.1, -0.05) is 57.9 Å². The first kappa shape index (κ1) is 29.3. The van der Waals surface area contributed by atoms with E-state index in [0.29, 0.717) is 42.1 Å². The molecule has 0 bridgehead atoms. The highest BCUT2D eigenvalue weighted by atomic mass is 127. The second-order valence-corrected chi connectivity index (χ2v) is 12.0. The number of nitrogens with zero attached hydrogens (tertiary/aromatic N) is 1. The minimum Gasteiger partial charge on any atom is -0.497 e. The minimum absolute atomic E-state index is 0.240. The summed E-state index contributed by atoms with van der Waals surface area (Å²) in [7, 11) is 1.55. The number of H-pyrrole nitrogens is 1. The molecule has 0 radical (unpaired) electrons. The second-order valence-electron chi connectivity index (χ2n) is 8.64. The summed E-state index contributed by atoms with van der Waals surface area (Å²) in [4.78, 5) is 29.5. The summed E-state index contributed by atoms with van der Waals surface area (Å²) in [6.45, 7) is 0. The maximum atomic E-state index is 13.4. The molecular weight excluding hydrogens is 789 g/mol. The number of aromatic nitrogens is 1. The van der Waals surface area contributed by atoms with Gasteiger partial charge in [0.1, 0.15) is 11.4 Å². The van der Waals surface area contributed by atoms with Crippen molar-refractivity contribution in [1.82, 2.24) is 10.4 Å². The molecule has 1 aromatic heterocycles. The number of nitrogens with one attached hydrogen (secondary N) is 2. The molecule has 0 saturated heterocycles. The maximum absolute atomic E-state index is 13.4. The molecule has 1 heterocycles. The van der Waals surface area contributed by atoms with E-state index in [2.05, 4.69) is 70.0 Å². The lowest BCUT2D eigenvalue weighted by molar-refractivity contribution is 0.0732. The predicted molar refractivity (Wildman–Crippen MR) is 176 cm³/mol. The van der Waals surface area contributed by atoms with Gasteiger partial charge in [-0.25, -0.2) is 10.2 Å². The molecule has 206 valence electrons. The van der Waals surface area contributed by atoms with E-state index in [4.69, 9.17) is 21.1 Å². The molecule has 0 aliphatic carbocycles. The quantitative estimate of drug-likeness (QED) is 0.0567. The van der Waals surface area contributed by atoms with Gasteiger partial charge in [0.25, 0.3) is 5.91 Å². The van der Waals surface area contributed by atoms with E-state index in [1.165, 1.54) is 6.21 Å². The monoisotopic (exact) mass is 805 g/mol. The SMILES string of the molecule is COc1ccc(C(=O)Oc2c(Br)cc(Br)cc2C=NNC(=O)c2[nH]c3c(I)cccc3c2-c2ccccc2Cl)cc1. The number of benzene rings is 4. The Bertz CT molecular complexity index is 1820. The zero-order valence-corrected chi connectivity index (χ0v) is 27.3. The van der Waals surface area contributed by atoms with Crippen LogP contribution >= 0.6 is 66.1 Å². The summed E-state index contributed by atoms with van der Waals surface area (Å²) in [5.74, 6) is -0.165. The molecule has 0 saturated carbocycles. The summed E-state index contributed by atoms with van der Waals surface area (Å²) < 4.78 is 13.0. The lowest BCUT2D eigenvalue weighted by Gasteiger charge is -2.11. The number of hydrogen-bond donors (Lipinski definition) is 2. The predicted octanol–water partition coefficient (Wildman–Crippen LogP) is 8.61. The standard InChI is InChI=1S/C30H19Br2ClIN3O4/c1-40-19-11-9-16(10-12-19)30(39)41-28-17(13-18(31)14-22(28)32)15-35-37-29(38)27-25(20-5-2-3-7-23(20)33)21-6-4-8-24(34)26(21)36-27/h2-15,36H,1H3,(H,37,38). The van der Waals surface area contributed by atoms with Gasteiger partial charge in [0, 0.05) is 35.1 Å². The molecule has 2 N–H and O–H groups in total. The summed E-state index contributed by atoms with van der Waals surface area (Å²) >= 11 is 15.7. The summed E-state index contributed by atoms with van der Waals surface area (Å²) in [6.07, 6.45) is 1.41. The fourth-order valence-electron chi connectivity index (χ4n) is 4.17. The van der Waals surface area contributed by atoms with Crippen molar-refractivity contribution in [2.24, 2.45) is 5.10 Å². The lowest BCUT2D eigenvalue weighted by Crippen LogP contribution is -2.19. The highest BCUT2D eigenvalue weighted by Gasteiger charge is 2.22. The first-order chi connectivity index (χ1) is 19.8. The van der Waals surface area contributed by atoms with Crippen molar-refractivity contribution in [1.29, 1.82) is 0 Å². The highest BCUT2D eigenvalue weighted by molar-refractivity contribution is 14.1. The molecule has 7 nitrogen and oxygen atoms in total.